The van der Waals surface area contributed by atoms with Crippen LogP contribution in [0.15, 0.2) is 5.16 Å². The summed E-state index contributed by atoms with van der Waals surface area (Å²) in [5.41, 5.74) is 0. The Hall–Kier alpha value is -0.630. The van der Waals surface area contributed by atoms with E-state index in [0.717, 1.165) is 11.0 Å². The summed E-state index contributed by atoms with van der Waals surface area (Å²) in [5.74, 6) is 1.40. The van der Waals surface area contributed by atoms with Gasteiger partial charge in [0, 0.05) is 19.9 Å². The molecule has 1 atom stereocenters. The van der Waals surface area contributed by atoms with Gasteiger partial charge in [0.25, 0.3) is 0 Å². The highest BCUT2D eigenvalue weighted by molar-refractivity contribution is 7.99. The Morgan fingerprint density at radius 2 is 2.18 bits per heavy atom. The van der Waals surface area contributed by atoms with Gasteiger partial charge in [-0.2, -0.15) is 0 Å². The molecule has 1 unspecified atom stereocenters. The van der Waals surface area contributed by atoms with Gasteiger partial charge < -0.3 is 19.1 Å². The molecule has 0 aliphatic rings. The molecule has 98 valence electrons. The van der Waals surface area contributed by atoms with Crippen LogP contribution in [-0.2, 0) is 16.5 Å². The number of hydrogen-bond donors (Lipinski definition) is 1. The number of aromatic nitrogens is 3. The monoisotopic (exact) mass is 261 g/mol. The largest absolute Gasteiger partial charge is 0.390 e. The van der Waals surface area contributed by atoms with Gasteiger partial charge in [-0.3, -0.25) is 0 Å². The number of hydrogen-bond acceptors (Lipinski definition) is 6. The highest BCUT2D eigenvalue weighted by Crippen LogP contribution is 2.16. The topological polar surface area (TPSA) is 69.4 Å². The van der Waals surface area contributed by atoms with Crippen LogP contribution in [0.25, 0.3) is 0 Å². The number of aryl methyl sites for hydroxylation is 1. The summed E-state index contributed by atoms with van der Waals surface area (Å²) in [7, 11) is 3.52. The van der Waals surface area contributed by atoms with Gasteiger partial charge in [0.2, 0.25) is 0 Å². The molecule has 0 aliphatic carbocycles. The van der Waals surface area contributed by atoms with Gasteiger partial charge >= 0.3 is 0 Å². The van der Waals surface area contributed by atoms with Crippen molar-refractivity contribution in [3.8, 4) is 0 Å². The highest BCUT2D eigenvalue weighted by atomic mass is 32.2. The maximum atomic E-state index is 9.66. The summed E-state index contributed by atoms with van der Waals surface area (Å²) in [6.07, 6.45) is -0.506. The van der Waals surface area contributed by atoms with E-state index in [1.54, 1.807) is 7.11 Å². The summed E-state index contributed by atoms with van der Waals surface area (Å²) >= 11 is 1.47. The van der Waals surface area contributed by atoms with Crippen LogP contribution in [0, 0.1) is 6.92 Å². The van der Waals surface area contributed by atoms with Crippen molar-refractivity contribution in [2.75, 3.05) is 32.7 Å². The van der Waals surface area contributed by atoms with Crippen molar-refractivity contribution < 1.29 is 14.6 Å². The lowest BCUT2D eigenvalue weighted by Gasteiger charge is -2.10. The predicted octanol–water partition coefficient (Wildman–Crippen LogP) is 0.240. The van der Waals surface area contributed by atoms with Gasteiger partial charge in [-0.15, -0.1) is 10.2 Å². The molecule has 1 aromatic rings. The molecule has 0 aromatic carbocycles. The van der Waals surface area contributed by atoms with Gasteiger partial charge in [0.15, 0.2) is 5.16 Å². The molecule has 1 aromatic heterocycles. The van der Waals surface area contributed by atoms with Crippen molar-refractivity contribution in [3.05, 3.63) is 5.82 Å². The Kier molecular flexibility index (Phi) is 6.49. The zero-order valence-electron chi connectivity index (χ0n) is 10.4. The minimum Gasteiger partial charge on any atom is -0.390 e. The second-order valence-corrected chi connectivity index (χ2v) is 4.61. The van der Waals surface area contributed by atoms with Gasteiger partial charge in [-0.1, -0.05) is 11.8 Å². The van der Waals surface area contributed by atoms with Crippen LogP contribution in [0.3, 0.4) is 0 Å². The SMILES string of the molecule is COCCOCC(O)CSc1nnc(C)n1C. The van der Waals surface area contributed by atoms with Crippen molar-refractivity contribution in [1.82, 2.24) is 14.8 Å². The van der Waals surface area contributed by atoms with Crippen LogP contribution in [0.5, 0.6) is 0 Å². The van der Waals surface area contributed by atoms with E-state index in [-0.39, 0.29) is 0 Å². The normalized spacial score (nSPS) is 12.9. The maximum Gasteiger partial charge on any atom is 0.191 e. The van der Waals surface area contributed by atoms with E-state index >= 15 is 0 Å². The van der Waals surface area contributed by atoms with E-state index in [0.29, 0.717) is 25.6 Å². The third-order valence-electron chi connectivity index (χ3n) is 2.20. The van der Waals surface area contributed by atoms with Crippen LogP contribution >= 0.6 is 11.8 Å². The summed E-state index contributed by atoms with van der Waals surface area (Å²) < 4.78 is 12.0. The van der Waals surface area contributed by atoms with E-state index in [1.807, 2.05) is 18.5 Å². The fourth-order valence-corrected chi connectivity index (χ4v) is 1.96. The number of thioether (sulfide) groups is 1. The molecule has 7 heteroatoms. The zero-order chi connectivity index (χ0) is 12.7. The molecule has 0 saturated heterocycles. The molecular weight excluding hydrogens is 242 g/mol. The molecule has 1 N–H and O–H groups in total. The summed E-state index contributed by atoms with van der Waals surface area (Å²) in [6.45, 7) is 3.25. The molecule has 0 aliphatic heterocycles. The third-order valence-corrected chi connectivity index (χ3v) is 3.36. The van der Waals surface area contributed by atoms with Gasteiger partial charge in [-0.25, -0.2) is 0 Å². The lowest BCUT2D eigenvalue weighted by molar-refractivity contribution is 0.0218. The first-order valence-electron chi connectivity index (χ1n) is 5.38. The van der Waals surface area contributed by atoms with E-state index < -0.39 is 6.10 Å². The number of rotatable bonds is 8. The van der Waals surface area contributed by atoms with E-state index in [9.17, 15) is 5.11 Å². The fourth-order valence-electron chi connectivity index (χ4n) is 1.09. The predicted molar refractivity (Wildman–Crippen MR) is 65.2 cm³/mol. The van der Waals surface area contributed by atoms with Crippen molar-refractivity contribution in [1.29, 1.82) is 0 Å². The van der Waals surface area contributed by atoms with E-state index in [1.165, 1.54) is 11.8 Å². The summed E-state index contributed by atoms with van der Waals surface area (Å²) in [4.78, 5) is 0. The first-order chi connectivity index (χ1) is 8.15. The molecule has 0 saturated carbocycles. The number of methoxy groups -OCH3 is 1. The number of aliphatic hydroxyl groups is 1. The van der Waals surface area contributed by atoms with Crippen LogP contribution in [0.1, 0.15) is 5.82 Å². The molecule has 6 nitrogen and oxygen atoms in total. The molecule has 0 fully saturated rings. The average Bonchev–Trinajstić information content (AvgIpc) is 2.63. The smallest absolute Gasteiger partial charge is 0.191 e. The van der Waals surface area contributed by atoms with Crippen molar-refractivity contribution in [2.24, 2.45) is 7.05 Å². The number of ether oxygens (including phenoxy) is 2. The van der Waals surface area contributed by atoms with E-state index in [2.05, 4.69) is 10.2 Å². The van der Waals surface area contributed by atoms with E-state index in [4.69, 9.17) is 9.47 Å². The molecule has 0 spiro atoms. The van der Waals surface area contributed by atoms with Gasteiger partial charge in [0.05, 0.1) is 25.9 Å². The first-order valence-corrected chi connectivity index (χ1v) is 6.37. The molecule has 0 bridgehead atoms. The third kappa shape index (κ3) is 5.03. The van der Waals surface area contributed by atoms with Crippen LogP contribution in [0.2, 0.25) is 0 Å². The lowest BCUT2D eigenvalue weighted by atomic mass is 10.4. The summed E-state index contributed by atoms with van der Waals surface area (Å²) in [6, 6.07) is 0. The molecular formula is C10H19N3O3S. The average molecular weight is 261 g/mol. The lowest BCUT2D eigenvalue weighted by Crippen LogP contribution is -2.19. The number of nitrogens with zero attached hydrogens (tertiary/aromatic N) is 3. The Labute approximate surface area is 105 Å². The second kappa shape index (κ2) is 7.65. The molecule has 17 heavy (non-hydrogen) atoms. The second-order valence-electron chi connectivity index (χ2n) is 3.62. The highest BCUT2D eigenvalue weighted by Gasteiger charge is 2.10. The molecule has 1 heterocycles. The Bertz CT molecular complexity index is 333. The van der Waals surface area contributed by atoms with Crippen LogP contribution in [-0.4, -0.2) is 58.7 Å². The van der Waals surface area contributed by atoms with Crippen molar-refractivity contribution in [2.45, 2.75) is 18.2 Å². The zero-order valence-corrected chi connectivity index (χ0v) is 11.2. The van der Waals surface area contributed by atoms with Crippen LogP contribution in [0.4, 0.5) is 0 Å². The summed E-state index contributed by atoms with van der Waals surface area (Å²) in [5, 5.41) is 18.4. The number of aliphatic hydroxyl groups excluding tert-OH is 1. The molecule has 0 radical (unpaired) electrons. The maximum absolute atomic E-state index is 9.66. The van der Waals surface area contributed by atoms with Crippen molar-refractivity contribution in [3.63, 3.8) is 0 Å². The van der Waals surface area contributed by atoms with Gasteiger partial charge in [-0.05, 0) is 6.92 Å². The van der Waals surface area contributed by atoms with Crippen LogP contribution < -0.4 is 0 Å². The first kappa shape index (κ1) is 14.4. The quantitative estimate of drug-likeness (QED) is 0.534. The molecule has 0 amide bonds. The van der Waals surface area contributed by atoms with Gasteiger partial charge in [0.1, 0.15) is 5.82 Å². The Balaban J connectivity index is 2.19. The Morgan fingerprint density at radius 3 is 2.76 bits per heavy atom. The van der Waals surface area contributed by atoms with Crippen molar-refractivity contribution >= 4 is 11.8 Å². The minimum atomic E-state index is -0.506. The molecule has 1 rings (SSSR count). The Morgan fingerprint density at radius 1 is 1.41 bits per heavy atom. The fraction of sp³-hybridized carbons (Fsp3) is 0.800. The minimum absolute atomic E-state index is 0.313. The standard InChI is InChI=1S/C10H19N3O3S/c1-8-11-12-10(13(8)2)17-7-9(14)6-16-5-4-15-3/h9,14H,4-7H2,1-3H3.